The number of aromatic nitrogens is 2. The molecule has 0 saturated carbocycles. The Morgan fingerprint density at radius 2 is 2.24 bits per heavy atom. The number of nitrogens with two attached hydrogens (primary N) is 1. The maximum Gasteiger partial charge on any atom is 0.251 e. The van der Waals surface area contributed by atoms with Crippen LogP contribution in [0.1, 0.15) is 0 Å². The zero-order valence-electron chi connectivity index (χ0n) is 9.14. The van der Waals surface area contributed by atoms with E-state index in [9.17, 15) is 4.79 Å². The Balaban J connectivity index is 2.29. The lowest BCUT2D eigenvalue weighted by molar-refractivity contribution is 0.414. The van der Waals surface area contributed by atoms with Gasteiger partial charge in [0.15, 0.2) is 5.16 Å². The third kappa shape index (κ3) is 3.01. The maximum absolute atomic E-state index is 11.1. The SMILES string of the molecule is COc1cc(N)cc(Sc2nccc(=O)[nH]2)c1. The minimum Gasteiger partial charge on any atom is -0.497 e. The van der Waals surface area contributed by atoms with Crippen LogP contribution in [0.5, 0.6) is 5.75 Å². The normalized spacial score (nSPS) is 10.2. The number of aromatic amines is 1. The molecule has 88 valence electrons. The van der Waals surface area contributed by atoms with Crippen LogP contribution in [0.25, 0.3) is 0 Å². The summed E-state index contributed by atoms with van der Waals surface area (Å²) < 4.78 is 5.11. The molecular weight excluding hydrogens is 238 g/mol. The number of nitrogens with zero attached hydrogens (tertiary/aromatic N) is 1. The molecule has 0 radical (unpaired) electrons. The number of rotatable bonds is 3. The van der Waals surface area contributed by atoms with Gasteiger partial charge < -0.3 is 15.5 Å². The minimum atomic E-state index is -0.182. The molecule has 1 aromatic carbocycles. The zero-order valence-corrected chi connectivity index (χ0v) is 9.95. The molecule has 0 saturated heterocycles. The highest BCUT2D eigenvalue weighted by Crippen LogP contribution is 2.29. The van der Waals surface area contributed by atoms with Crippen molar-refractivity contribution in [2.45, 2.75) is 10.1 Å². The van der Waals surface area contributed by atoms with Crippen molar-refractivity contribution < 1.29 is 4.74 Å². The molecule has 2 rings (SSSR count). The summed E-state index contributed by atoms with van der Waals surface area (Å²) in [5.41, 5.74) is 6.15. The predicted molar refractivity (Wildman–Crippen MR) is 66.4 cm³/mol. The van der Waals surface area contributed by atoms with Gasteiger partial charge in [-0.25, -0.2) is 4.98 Å². The van der Waals surface area contributed by atoms with Gasteiger partial charge in [-0.2, -0.15) is 0 Å². The summed E-state index contributed by atoms with van der Waals surface area (Å²) in [6.45, 7) is 0. The van der Waals surface area contributed by atoms with E-state index in [0.29, 0.717) is 16.6 Å². The van der Waals surface area contributed by atoms with E-state index in [1.807, 2.05) is 6.07 Å². The highest BCUT2D eigenvalue weighted by Gasteiger charge is 2.03. The fourth-order valence-corrected chi connectivity index (χ4v) is 2.14. The summed E-state index contributed by atoms with van der Waals surface area (Å²) in [7, 11) is 1.58. The van der Waals surface area contributed by atoms with Crippen LogP contribution in [0.4, 0.5) is 5.69 Å². The van der Waals surface area contributed by atoms with Crippen LogP contribution < -0.4 is 16.0 Å². The average molecular weight is 249 g/mol. The summed E-state index contributed by atoms with van der Waals surface area (Å²) in [5, 5.41) is 0.519. The zero-order chi connectivity index (χ0) is 12.3. The first-order chi connectivity index (χ1) is 8.17. The fourth-order valence-electron chi connectivity index (χ4n) is 1.29. The molecule has 0 aliphatic rings. The Kier molecular flexibility index (Phi) is 3.34. The Hall–Kier alpha value is -1.95. The lowest BCUT2D eigenvalue weighted by Crippen LogP contribution is -2.05. The number of hydrogen-bond acceptors (Lipinski definition) is 5. The molecular formula is C11H11N3O2S. The number of benzene rings is 1. The number of anilines is 1. The summed E-state index contributed by atoms with van der Waals surface area (Å²) in [4.78, 5) is 18.6. The van der Waals surface area contributed by atoms with E-state index in [0.717, 1.165) is 4.90 Å². The standard InChI is InChI=1S/C11H11N3O2S/c1-16-8-4-7(12)5-9(6-8)17-11-13-3-2-10(15)14-11/h2-6H,12H2,1H3,(H,13,14,15). The van der Waals surface area contributed by atoms with Gasteiger partial charge in [0.1, 0.15) is 5.75 Å². The van der Waals surface area contributed by atoms with Gasteiger partial charge in [0, 0.05) is 28.9 Å². The van der Waals surface area contributed by atoms with Gasteiger partial charge >= 0.3 is 0 Å². The van der Waals surface area contributed by atoms with Crippen molar-refractivity contribution in [1.29, 1.82) is 0 Å². The molecule has 5 nitrogen and oxygen atoms in total. The van der Waals surface area contributed by atoms with E-state index < -0.39 is 0 Å². The second kappa shape index (κ2) is 4.92. The third-order valence-corrected chi connectivity index (χ3v) is 2.87. The van der Waals surface area contributed by atoms with Gasteiger partial charge in [-0.1, -0.05) is 11.8 Å². The van der Waals surface area contributed by atoms with E-state index in [1.54, 1.807) is 19.2 Å². The van der Waals surface area contributed by atoms with Crippen LogP contribution in [0.2, 0.25) is 0 Å². The smallest absolute Gasteiger partial charge is 0.251 e. The molecule has 17 heavy (non-hydrogen) atoms. The van der Waals surface area contributed by atoms with Gasteiger partial charge in [0.05, 0.1) is 7.11 Å². The number of nitrogens with one attached hydrogen (secondary N) is 1. The topological polar surface area (TPSA) is 81.0 Å². The molecule has 1 heterocycles. The Morgan fingerprint density at radius 1 is 1.41 bits per heavy atom. The second-order valence-electron chi connectivity index (χ2n) is 3.28. The molecule has 0 aliphatic carbocycles. The molecule has 0 amide bonds. The number of ether oxygens (including phenoxy) is 1. The van der Waals surface area contributed by atoms with Crippen molar-refractivity contribution in [2.24, 2.45) is 0 Å². The van der Waals surface area contributed by atoms with E-state index >= 15 is 0 Å². The predicted octanol–water partition coefficient (Wildman–Crippen LogP) is 1.51. The lowest BCUT2D eigenvalue weighted by Gasteiger charge is -2.05. The Morgan fingerprint density at radius 3 is 2.94 bits per heavy atom. The van der Waals surface area contributed by atoms with Crippen LogP contribution in [-0.4, -0.2) is 17.1 Å². The largest absolute Gasteiger partial charge is 0.497 e. The van der Waals surface area contributed by atoms with Crippen molar-refractivity contribution in [3.8, 4) is 5.75 Å². The summed E-state index contributed by atoms with van der Waals surface area (Å²) >= 11 is 1.32. The highest BCUT2D eigenvalue weighted by molar-refractivity contribution is 7.99. The summed E-state index contributed by atoms with van der Waals surface area (Å²) in [6.07, 6.45) is 1.46. The third-order valence-electron chi connectivity index (χ3n) is 2.00. The van der Waals surface area contributed by atoms with Crippen molar-refractivity contribution in [2.75, 3.05) is 12.8 Å². The van der Waals surface area contributed by atoms with E-state index in [4.69, 9.17) is 10.5 Å². The Bertz CT molecular complexity index is 583. The first-order valence-electron chi connectivity index (χ1n) is 4.85. The molecule has 2 aromatic rings. The molecule has 0 aliphatic heterocycles. The van der Waals surface area contributed by atoms with E-state index in [1.165, 1.54) is 24.0 Å². The van der Waals surface area contributed by atoms with Crippen molar-refractivity contribution in [3.05, 3.63) is 40.8 Å². The van der Waals surface area contributed by atoms with E-state index in [-0.39, 0.29) is 5.56 Å². The molecule has 0 unspecified atom stereocenters. The first kappa shape index (κ1) is 11.5. The number of H-pyrrole nitrogens is 1. The average Bonchev–Trinajstić information content (AvgIpc) is 2.28. The quantitative estimate of drug-likeness (QED) is 0.636. The number of methoxy groups -OCH3 is 1. The van der Waals surface area contributed by atoms with Gasteiger partial charge in [0.25, 0.3) is 5.56 Å². The van der Waals surface area contributed by atoms with Gasteiger partial charge in [-0.05, 0) is 12.1 Å². The molecule has 0 atom stereocenters. The van der Waals surface area contributed by atoms with Crippen LogP contribution in [0.3, 0.4) is 0 Å². The van der Waals surface area contributed by atoms with Crippen molar-refractivity contribution >= 4 is 17.4 Å². The molecule has 6 heteroatoms. The fraction of sp³-hybridized carbons (Fsp3) is 0.0909. The minimum absolute atomic E-state index is 0.182. The Labute approximate surface area is 102 Å². The van der Waals surface area contributed by atoms with Gasteiger partial charge in [-0.15, -0.1) is 0 Å². The monoisotopic (exact) mass is 249 g/mol. The summed E-state index contributed by atoms with van der Waals surface area (Å²) in [5.74, 6) is 0.672. The molecule has 0 bridgehead atoms. The molecule has 3 N–H and O–H groups in total. The van der Waals surface area contributed by atoms with Crippen molar-refractivity contribution in [1.82, 2.24) is 9.97 Å². The van der Waals surface area contributed by atoms with Crippen LogP contribution >= 0.6 is 11.8 Å². The van der Waals surface area contributed by atoms with Gasteiger partial charge in [-0.3, -0.25) is 4.79 Å². The van der Waals surface area contributed by atoms with Crippen LogP contribution in [-0.2, 0) is 0 Å². The molecule has 0 spiro atoms. The summed E-state index contributed by atoms with van der Waals surface area (Å²) in [6, 6.07) is 6.71. The number of nitrogen functional groups attached to an aromatic ring is 1. The van der Waals surface area contributed by atoms with Crippen LogP contribution in [0.15, 0.2) is 45.3 Å². The lowest BCUT2D eigenvalue weighted by atomic mass is 10.3. The molecule has 1 aromatic heterocycles. The second-order valence-corrected chi connectivity index (χ2v) is 4.35. The van der Waals surface area contributed by atoms with Gasteiger partial charge in [0.2, 0.25) is 0 Å². The first-order valence-corrected chi connectivity index (χ1v) is 5.67. The van der Waals surface area contributed by atoms with Crippen LogP contribution in [0, 0.1) is 0 Å². The highest BCUT2D eigenvalue weighted by atomic mass is 32.2. The molecule has 0 fully saturated rings. The van der Waals surface area contributed by atoms with E-state index in [2.05, 4.69) is 9.97 Å². The van der Waals surface area contributed by atoms with Crippen molar-refractivity contribution in [3.63, 3.8) is 0 Å². The number of hydrogen-bond donors (Lipinski definition) is 2. The maximum atomic E-state index is 11.1.